The second-order valence-electron chi connectivity index (χ2n) is 7.50. The quantitative estimate of drug-likeness (QED) is 0.692. The number of aliphatic hydroxyl groups excluding tert-OH is 1. The predicted molar refractivity (Wildman–Crippen MR) is 101 cm³/mol. The molecule has 2 heterocycles. The van der Waals surface area contributed by atoms with Gasteiger partial charge in [-0.1, -0.05) is 43.5 Å². The SMILES string of the molecule is O=C(O)c1cc(C2CCCCC2)c2cc3n(c2c1)C(O)c1ccccc1-3. The van der Waals surface area contributed by atoms with E-state index in [-0.39, 0.29) is 0 Å². The van der Waals surface area contributed by atoms with Gasteiger partial charge in [-0.15, -0.1) is 0 Å². The Morgan fingerprint density at radius 2 is 1.77 bits per heavy atom. The number of carboxylic acids is 1. The molecule has 1 fully saturated rings. The van der Waals surface area contributed by atoms with E-state index in [1.54, 1.807) is 6.07 Å². The lowest BCUT2D eigenvalue weighted by atomic mass is 9.82. The van der Waals surface area contributed by atoms with Crippen LogP contribution in [0.2, 0.25) is 0 Å². The van der Waals surface area contributed by atoms with Crippen molar-refractivity contribution in [2.24, 2.45) is 0 Å². The second-order valence-corrected chi connectivity index (χ2v) is 7.50. The first-order valence-corrected chi connectivity index (χ1v) is 9.34. The van der Waals surface area contributed by atoms with E-state index >= 15 is 0 Å². The molecule has 0 bridgehead atoms. The Balaban J connectivity index is 1.79. The summed E-state index contributed by atoms with van der Waals surface area (Å²) in [4.78, 5) is 11.7. The lowest BCUT2D eigenvalue weighted by Gasteiger charge is -2.23. The van der Waals surface area contributed by atoms with Gasteiger partial charge in [0.1, 0.15) is 0 Å². The minimum atomic E-state index is -0.912. The maximum Gasteiger partial charge on any atom is 0.335 e. The van der Waals surface area contributed by atoms with Crippen molar-refractivity contribution in [2.75, 3.05) is 0 Å². The number of hydrogen-bond acceptors (Lipinski definition) is 2. The predicted octanol–water partition coefficient (Wildman–Crippen LogP) is 4.91. The number of fused-ring (bicyclic) bond motifs is 5. The Hall–Kier alpha value is -2.59. The molecule has 3 aromatic rings. The van der Waals surface area contributed by atoms with E-state index in [0.29, 0.717) is 11.5 Å². The third-order valence-corrected chi connectivity index (χ3v) is 6.04. The highest BCUT2D eigenvalue weighted by Crippen LogP contribution is 2.45. The fourth-order valence-electron chi connectivity index (χ4n) is 4.79. The Bertz CT molecular complexity index is 1030. The number of aromatic carboxylic acids is 1. The molecule has 1 unspecified atom stereocenters. The van der Waals surface area contributed by atoms with E-state index in [1.807, 2.05) is 34.9 Å². The summed E-state index contributed by atoms with van der Waals surface area (Å²) in [5, 5.41) is 21.6. The molecular formula is C22H21NO3. The van der Waals surface area contributed by atoms with Gasteiger partial charge in [0.15, 0.2) is 6.23 Å². The number of carboxylic acid groups (broad SMARTS) is 1. The van der Waals surface area contributed by atoms with Crippen LogP contribution in [0.3, 0.4) is 0 Å². The first-order chi connectivity index (χ1) is 12.6. The zero-order chi connectivity index (χ0) is 17.8. The lowest BCUT2D eigenvalue weighted by molar-refractivity contribution is 0.0696. The van der Waals surface area contributed by atoms with Crippen LogP contribution in [0.15, 0.2) is 42.5 Å². The first kappa shape index (κ1) is 15.6. The van der Waals surface area contributed by atoms with Crippen molar-refractivity contribution in [3.8, 4) is 11.3 Å². The van der Waals surface area contributed by atoms with Gasteiger partial charge in [-0.2, -0.15) is 0 Å². The van der Waals surface area contributed by atoms with Gasteiger partial charge >= 0.3 is 5.97 Å². The topological polar surface area (TPSA) is 62.5 Å². The zero-order valence-electron chi connectivity index (χ0n) is 14.5. The highest BCUT2D eigenvalue weighted by atomic mass is 16.4. The number of aromatic nitrogens is 1. The summed E-state index contributed by atoms with van der Waals surface area (Å²) in [7, 11) is 0. The number of aliphatic hydroxyl groups is 1. The van der Waals surface area contributed by atoms with Crippen molar-refractivity contribution in [3.63, 3.8) is 0 Å². The number of nitrogens with zero attached hydrogens (tertiary/aromatic N) is 1. The lowest BCUT2D eigenvalue weighted by Crippen LogP contribution is -2.09. The highest BCUT2D eigenvalue weighted by Gasteiger charge is 2.30. The van der Waals surface area contributed by atoms with Crippen LogP contribution in [0.4, 0.5) is 0 Å². The number of benzene rings is 2. The minimum absolute atomic E-state index is 0.308. The molecule has 1 aliphatic carbocycles. The van der Waals surface area contributed by atoms with Gasteiger partial charge in [0.05, 0.1) is 16.8 Å². The molecule has 0 amide bonds. The molecule has 4 heteroatoms. The zero-order valence-corrected chi connectivity index (χ0v) is 14.5. The van der Waals surface area contributed by atoms with E-state index in [1.165, 1.54) is 19.3 Å². The van der Waals surface area contributed by atoms with Crippen LogP contribution in [0.1, 0.15) is 65.7 Å². The van der Waals surface area contributed by atoms with Crippen molar-refractivity contribution in [1.82, 2.24) is 4.57 Å². The maximum atomic E-state index is 11.7. The van der Waals surface area contributed by atoms with E-state index in [9.17, 15) is 15.0 Å². The Morgan fingerprint density at radius 1 is 1.00 bits per heavy atom. The van der Waals surface area contributed by atoms with Crippen LogP contribution < -0.4 is 0 Å². The first-order valence-electron chi connectivity index (χ1n) is 9.34. The van der Waals surface area contributed by atoms with Gasteiger partial charge in [-0.3, -0.25) is 0 Å². The smallest absolute Gasteiger partial charge is 0.335 e. The minimum Gasteiger partial charge on any atom is -0.478 e. The third kappa shape index (κ3) is 2.15. The van der Waals surface area contributed by atoms with Crippen LogP contribution in [-0.2, 0) is 0 Å². The van der Waals surface area contributed by atoms with Crippen molar-refractivity contribution < 1.29 is 15.0 Å². The van der Waals surface area contributed by atoms with Crippen molar-refractivity contribution in [2.45, 2.75) is 44.2 Å². The molecule has 26 heavy (non-hydrogen) atoms. The third-order valence-electron chi connectivity index (χ3n) is 6.04. The van der Waals surface area contributed by atoms with Crippen molar-refractivity contribution in [1.29, 1.82) is 0 Å². The van der Waals surface area contributed by atoms with Gasteiger partial charge < -0.3 is 14.8 Å². The molecule has 2 N–H and O–H groups in total. The van der Waals surface area contributed by atoms with Gasteiger partial charge in [-0.05, 0) is 42.5 Å². The molecule has 0 spiro atoms. The summed E-state index contributed by atoms with van der Waals surface area (Å²) in [6.07, 6.45) is 5.11. The molecule has 2 aromatic carbocycles. The van der Waals surface area contributed by atoms with Gasteiger partial charge in [-0.25, -0.2) is 4.79 Å². The Morgan fingerprint density at radius 3 is 2.54 bits per heavy atom. The van der Waals surface area contributed by atoms with Gasteiger partial charge in [0, 0.05) is 16.5 Å². The van der Waals surface area contributed by atoms with E-state index in [2.05, 4.69) is 6.07 Å². The maximum absolute atomic E-state index is 11.7. The fraction of sp³-hybridized carbons (Fsp3) is 0.318. The normalized spacial score (nSPS) is 19.5. The fourth-order valence-corrected chi connectivity index (χ4v) is 4.79. The largest absolute Gasteiger partial charge is 0.478 e. The summed E-state index contributed by atoms with van der Waals surface area (Å²) < 4.78 is 1.89. The van der Waals surface area contributed by atoms with E-state index in [0.717, 1.165) is 46.1 Å². The average Bonchev–Trinajstić information content (AvgIpc) is 3.18. The summed E-state index contributed by atoms with van der Waals surface area (Å²) in [6, 6.07) is 13.6. The van der Waals surface area contributed by atoms with Crippen LogP contribution in [0, 0.1) is 0 Å². The van der Waals surface area contributed by atoms with Crippen LogP contribution in [-0.4, -0.2) is 20.7 Å². The molecule has 1 aliphatic heterocycles. The molecule has 1 aromatic heterocycles. The monoisotopic (exact) mass is 347 g/mol. The van der Waals surface area contributed by atoms with Crippen LogP contribution in [0.5, 0.6) is 0 Å². The molecule has 5 rings (SSSR count). The highest BCUT2D eigenvalue weighted by molar-refractivity contribution is 5.98. The van der Waals surface area contributed by atoms with Crippen LogP contribution in [0.25, 0.3) is 22.2 Å². The molecule has 1 saturated carbocycles. The van der Waals surface area contributed by atoms with Crippen molar-refractivity contribution >= 4 is 16.9 Å². The summed E-state index contributed by atoms with van der Waals surface area (Å²) in [5.74, 6) is -0.509. The summed E-state index contributed by atoms with van der Waals surface area (Å²) >= 11 is 0. The molecule has 4 nitrogen and oxygen atoms in total. The Kier molecular flexibility index (Phi) is 3.44. The van der Waals surface area contributed by atoms with Gasteiger partial charge in [0.2, 0.25) is 0 Å². The number of rotatable bonds is 2. The number of hydrogen-bond donors (Lipinski definition) is 2. The second kappa shape index (κ2) is 5.71. The molecule has 2 aliphatic rings. The van der Waals surface area contributed by atoms with Crippen LogP contribution >= 0.6 is 0 Å². The molecular weight excluding hydrogens is 326 g/mol. The average molecular weight is 347 g/mol. The standard InChI is InChI=1S/C22H21NO3/c24-21-16-9-5-4-8-15(16)20-12-18-17(13-6-2-1-3-7-13)10-14(22(25)26)11-19(18)23(20)21/h4-5,8-13,21,24H,1-3,6-7H2,(H,25,26). The molecule has 0 radical (unpaired) electrons. The van der Waals surface area contributed by atoms with E-state index < -0.39 is 12.2 Å². The summed E-state index contributed by atoms with van der Waals surface area (Å²) in [6.45, 7) is 0. The molecule has 132 valence electrons. The summed E-state index contributed by atoms with van der Waals surface area (Å²) in [5.41, 5.74) is 5.15. The van der Waals surface area contributed by atoms with Gasteiger partial charge in [0.25, 0.3) is 0 Å². The Labute approximate surface area is 151 Å². The van der Waals surface area contributed by atoms with E-state index in [4.69, 9.17) is 0 Å². The molecule has 1 atom stereocenters. The van der Waals surface area contributed by atoms with Crippen molar-refractivity contribution in [3.05, 3.63) is 59.2 Å². The number of carbonyl (C=O) groups is 1. The molecule has 0 saturated heterocycles.